The molecule has 0 N–H and O–H groups in total. The van der Waals surface area contributed by atoms with Gasteiger partial charge in [-0.15, -0.1) is 10.1 Å². The largest absolute Gasteiger partial charge is 0.302 e. The molecule has 0 bridgehead atoms. The average Bonchev–Trinajstić information content (AvgIpc) is 2.34. The van der Waals surface area contributed by atoms with E-state index in [9.17, 15) is 10.1 Å². The van der Waals surface area contributed by atoms with Crippen molar-refractivity contribution in [1.82, 2.24) is 9.55 Å². The van der Waals surface area contributed by atoms with Gasteiger partial charge >= 0.3 is 5.09 Å². The van der Waals surface area contributed by atoms with Crippen molar-refractivity contribution in [1.29, 1.82) is 0 Å². The lowest BCUT2D eigenvalue weighted by Gasteiger charge is -1.96. The molecule has 6 nitrogen and oxygen atoms in total. The van der Waals surface area contributed by atoms with E-state index in [2.05, 4.69) is 16.4 Å². The van der Waals surface area contributed by atoms with Gasteiger partial charge in [-0.1, -0.05) is 6.58 Å². The highest BCUT2D eigenvalue weighted by atomic mass is 17.0. The summed E-state index contributed by atoms with van der Waals surface area (Å²) in [5, 5.41) is 8.90. The predicted molar refractivity (Wildman–Crippen MR) is 36.2 cm³/mol. The van der Waals surface area contributed by atoms with Crippen LogP contribution in [0.2, 0.25) is 0 Å². The van der Waals surface area contributed by atoms with Crippen molar-refractivity contribution in [2.24, 2.45) is 0 Å². The third-order valence-corrected chi connectivity index (χ3v) is 0.986. The molecule has 1 heterocycles. The van der Waals surface area contributed by atoms with Gasteiger partial charge in [0.1, 0.15) is 0 Å². The zero-order valence-corrected chi connectivity index (χ0v) is 5.51. The fourth-order valence-electron chi connectivity index (χ4n) is 0.576. The fraction of sp³-hybridized carbons (Fsp3) is 0. The van der Waals surface area contributed by atoms with E-state index in [0.717, 1.165) is 0 Å². The average molecular weight is 155 g/mol. The summed E-state index contributed by atoms with van der Waals surface area (Å²) in [6.45, 7) is 3.39. The van der Waals surface area contributed by atoms with E-state index in [1.807, 2.05) is 0 Å². The quantitative estimate of drug-likeness (QED) is 0.472. The van der Waals surface area contributed by atoms with Crippen LogP contribution in [-0.2, 0) is 0 Å². The van der Waals surface area contributed by atoms with Gasteiger partial charge in [0.25, 0.3) is 6.01 Å². The minimum atomic E-state index is -0.928. The molecular formula is C5H5N3O3. The Kier molecular flexibility index (Phi) is 1.86. The smallest absolute Gasteiger partial charge is 0.289 e. The number of imidazole rings is 1. The number of hydrogen-bond donors (Lipinski definition) is 0. The Morgan fingerprint density at radius 2 is 2.64 bits per heavy atom. The van der Waals surface area contributed by atoms with Gasteiger partial charge in [-0.3, -0.25) is 4.57 Å². The van der Waals surface area contributed by atoms with Crippen LogP contribution in [0.25, 0.3) is 6.20 Å². The highest BCUT2D eigenvalue weighted by Crippen LogP contribution is 2.06. The van der Waals surface area contributed by atoms with Crippen LogP contribution in [0.4, 0.5) is 0 Å². The molecule has 0 aliphatic heterocycles. The third-order valence-electron chi connectivity index (χ3n) is 0.986. The first-order chi connectivity index (χ1) is 5.24. The molecule has 58 valence electrons. The van der Waals surface area contributed by atoms with Crippen LogP contribution in [-0.4, -0.2) is 14.6 Å². The maximum absolute atomic E-state index is 9.83. The second kappa shape index (κ2) is 2.82. The fourth-order valence-corrected chi connectivity index (χ4v) is 0.576. The van der Waals surface area contributed by atoms with Gasteiger partial charge in [0.2, 0.25) is 0 Å². The molecule has 0 aromatic carbocycles. The van der Waals surface area contributed by atoms with E-state index >= 15 is 0 Å². The van der Waals surface area contributed by atoms with Gasteiger partial charge in [-0.25, -0.2) is 9.82 Å². The van der Waals surface area contributed by atoms with Crippen LogP contribution in [0.1, 0.15) is 0 Å². The maximum atomic E-state index is 9.83. The summed E-state index contributed by atoms with van der Waals surface area (Å²) in [6, 6.07) is -0.106. The Labute approximate surface area is 61.8 Å². The van der Waals surface area contributed by atoms with E-state index in [1.165, 1.54) is 23.2 Å². The summed E-state index contributed by atoms with van der Waals surface area (Å²) in [4.78, 5) is 17.5. The molecule has 0 aliphatic carbocycles. The zero-order chi connectivity index (χ0) is 8.27. The van der Waals surface area contributed by atoms with Crippen LogP contribution in [0.5, 0.6) is 6.01 Å². The molecule has 0 spiro atoms. The number of nitrogens with zero attached hydrogens (tertiary/aromatic N) is 3. The molecule has 0 saturated heterocycles. The second-order valence-electron chi connectivity index (χ2n) is 1.61. The molecule has 1 rings (SSSR count). The summed E-state index contributed by atoms with van der Waals surface area (Å²) < 4.78 is 1.29. The van der Waals surface area contributed by atoms with Crippen molar-refractivity contribution in [3.8, 4) is 6.01 Å². The normalized spacial score (nSPS) is 9.09. The molecule has 0 aliphatic rings. The standard InChI is InChI=1S/C5H5N3O3/c1-2-7-4-3-6-5(7)11-8(9)10/h2-4H,1H2. The Hall–Kier alpha value is -1.85. The van der Waals surface area contributed by atoms with Crippen molar-refractivity contribution in [2.75, 3.05) is 0 Å². The SMILES string of the molecule is C=Cn1ccnc1O[N+](=O)[O-]. The van der Waals surface area contributed by atoms with Crippen LogP contribution in [0.15, 0.2) is 19.0 Å². The maximum Gasteiger partial charge on any atom is 0.302 e. The first-order valence-corrected chi connectivity index (χ1v) is 2.72. The van der Waals surface area contributed by atoms with Gasteiger partial charge in [-0.2, -0.15) is 0 Å². The lowest BCUT2D eigenvalue weighted by atomic mass is 10.8. The van der Waals surface area contributed by atoms with Gasteiger partial charge in [0.15, 0.2) is 0 Å². The van der Waals surface area contributed by atoms with E-state index < -0.39 is 5.09 Å². The summed E-state index contributed by atoms with van der Waals surface area (Å²) in [5.41, 5.74) is 0. The molecule has 0 atom stereocenters. The summed E-state index contributed by atoms with van der Waals surface area (Å²) in [5.74, 6) is 0. The van der Waals surface area contributed by atoms with Crippen molar-refractivity contribution in [3.05, 3.63) is 29.1 Å². The van der Waals surface area contributed by atoms with Crippen molar-refractivity contribution in [3.63, 3.8) is 0 Å². The number of hydrogen-bond acceptors (Lipinski definition) is 4. The first kappa shape index (κ1) is 7.26. The molecule has 1 aromatic heterocycles. The summed E-state index contributed by atoms with van der Waals surface area (Å²) in [6.07, 6.45) is 4.22. The van der Waals surface area contributed by atoms with Gasteiger partial charge in [0.05, 0.1) is 0 Å². The highest BCUT2D eigenvalue weighted by Gasteiger charge is 2.03. The molecule has 0 saturated carbocycles. The minimum Gasteiger partial charge on any atom is -0.289 e. The lowest BCUT2D eigenvalue weighted by Crippen LogP contribution is -2.06. The van der Waals surface area contributed by atoms with E-state index in [-0.39, 0.29) is 6.01 Å². The van der Waals surface area contributed by atoms with Crippen LogP contribution in [0, 0.1) is 10.1 Å². The predicted octanol–water partition coefficient (Wildman–Crippen LogP) is 0.554. The molecule has 0 radical (unpaired) electrons. The van der Waals surface area contributed by atoms with Crippen molar-refractivity contribution in [2.45, 2.75) is 0 Å². The summed E-state index contributed by atoms with van der Waals surface area (Å²) >= 11 is 0. The molecular weight excluding hydrogens is 150 g/mol. The van der Waals surface area contributed by atoms with Crippen molar-refractivity contribution < 1.29 is 9.92 Å². The van der Waals surface area contributed by atoms with Gasteiger partial charge in [0, 0.05) is 18.6 Å². The topological polar surface area (TPSA) is 70.2 Å². The van der Waals surface area contributed by atoms with Gasteiger partial charge in [-0.05, 0) is 0 Å². The lowest BCUT2D eigenvalue weighted by molar-refractivity contribution is -0.713. The van der Waals surface area contributed by atoms with Crippen LogP contribution in [0.3, 0.4) is 0 Å². The van der Waals surface area contributed by atoms with E-state index in [0.29, 0.717) is 0 Å². The molecule has 0 unspecified atom stereocenters. The molecule has 6 heteroatoms. The van der Waals surface area contributed by atoms with Gasteiger partial charge < -0.3 is 0 Å². The second-order valence-corrected chi connectivity index (χ2v) is 1.61. The summed E-state index contributed by atoms with van der Waals surface area (Å²) in [7, 11) is 0. The number of rotatable bonds is 3. The highest BCUT2D eigenvalue weighted by molar-refractivity contribution is 5.22. The Morgan fingerprint density at radius 1 is 1.91 bits per heavy atom. The Bertz CT molecular complexity index is 280. The van der Waals surface area contributed by atoms with Crippen LogP contribution >= 0.6 is 0 Å². The minimum absolute atomic E-state index is 0.106. The number of aromatic nitrogens is 2. The van der Waals surface area contributed by atoms with E-state index in [4.69, 9.17) is 0 Å². The molecule has 0 fully saturated rings. The first-order valence-electron chi connectivity index (χ1n) is 2.72. The molecule has 0 amide bonds. The third kappa shape index (κ3) is 1.54. The monoisotopic (exact) mass is 155 g/mol. The Balaban J connectivity index is 2.84. The van der Waals surface area contributed by atoms with E-state index in [1.54, 1.807) is 0 Å². The molecule has 1 aromatic rings. The molecule has 11 heavy (non-hydrogen) atoms. The van der Waals surface area contributed by atoms with Crippen LogP contribution < -0.4 is 4.84 Å². The van der Waals surface area contributed by atoms with Crippen molar-refractivity contribution >= 4 is 6.20 Å². The zero-order valence-electron chi connectivity index (χ0n) is 5.51. The Morgan fingerprint density at radius 3 is 3.18 bits per heavy atom.